The Bertz CT molecular complexity index is 420. The van der Waals surface area contributed by atoms with Gasteiger partial charge in [0, 0.05) is 13.1 Å². The summed E-state index contributed by atoms with van der Waals surface area (Å²) in [6.07, 6.45) is 8.76. The molecule has 2 aliphatic rings. The molecule has 1 saturated carbocycles. The Morgan fingerprint density at radius 2 is 2.11 bits per heavy atom. The predicted octanol–water partition coefficient (Wildman–Crippen LogP) is 3.55. The molecule has 0 bridgehead atoms. The third-order valence-corrected chi connectivity index (χ3v) is 5.59. The minimum atomic E-state index is 0.229. The average molecular weight is 327 g/mol. The molecule has 3 nitrogen and oxygen atoms in total. The third-order valence-electron chi connectivity index (χ3n) is 4.93. The maximum absolute atomic E-state index is 6.01. The highest BCUT2D eigenvalue weighted by Crippen LogP contribution is 2.39. The molecule has 3 unspecified atom stereocenters. The quantitative estimate of drug-likeness (QED) is 0.923. The number of furan rings is 1. The van der Waals surface area contributed by atoms with E-state index in [0.29, 0.717) is 6.54 Å². The molecule has 0 amide bonds. The van der Waals surface area contributed by atoms with Gasteiger partial charge in [-0.1, -0.05) is 19.3 Å². The first-order chi connectivity index (χ1) is 9.29. The summed E-state index contributed by atoms with van der Waals surface area (Å²) in [5.74, 6) is 2.84. The molecule has 2 heterocycles. The zero-order valence-corrected chi connectivity index (χ0v) is 12.9. The summed E-state index contributed by atoms with van der Waals surface area (Å²) in [7, 11) is 0. The Kier molecular flexibility index (Phi) is 4.30. The summed E-state index contributed by atoms with van der Waals surface area (Å²) >= 11 is 3.57. The molecule has 2 fully saturated rings. The van der Waals surface area contributed by atoms with E-state index in [1.807, 2.05) is 6.07 Å². The molecule has 3 atom stereocenters. The lowest BCUT2D eigenvalue weighted by atomic mass is 9.75. The van der Waals surface area contributed by atoms with Gasteiger partial charge in [-0.3, -0.25) is 4.90 Å². The summed E-state index contributed by atoms with van der Waals surface area (Å²) < 4.78 is 6.69. The molecule has 4 heteroatoms. The van der Waals surface area contributed by atoms with Crippen LogP contribution in [0.2, 0.25) is 0 Å². The standard InChI is InChI=1S/C15H23BrN2O/c16-13-6-8-19-15(13)14(9-17)18-7-5-11-3-1-2-4-12(11)10-18/h6,8,11-12,14H,1-5,7,9-10,17H2. The highest BCUT2D eigenvalue weighted by molar-refractivity contribution is 9.10. The van der Waals surface area contributed by atoms with E-state index in [-0.39, 0.29) is 6.04 Å². The number of rotatable bonds is 3. The van der Waals surface area contributed by atoms with E-state index in [4.69, 9.17) is 10.2 Å². The topological polar surface area (TPSA) is 42.4 Å². The second kappa shape index (κ2) is 5.98. The third kappa shape index (κ3) is 2.76. The van der Waals surface area contributed by atoms with Crippen molar-refractivity contribution in [3.05, 3.63) is 22.6 Å². The second-order valence-electron chi connectivity index (χ2n) is 5.97. The van der Waals surface area contributed by atoms with E-state index in [2.05, 4.69) is 20.8 Å². The zero-order valence-electron chi connectivity index (χ0n) is 11.4. The number of likely N-dealkylation sites (tertiary alicyclic amines) is 1. The van der Waals surface area contributed by atoms with Gasteiger partial charge in [-0.2, -0.15) is 0 Å². The van der Waals surface area contributed by atoms with Crippen molar-refractivity contribution >= 4 is 15.9 Å². The van der Waals surface area contributed by atoms with Gasteiger partial charge in [0.15, 0.2) is 0 Å². The van der Waals surface area contributed by atoms with Gasteiger partial charge < -0.3 is 10.2 Å². The van der Waals surface area contributed by atoms with Crippen molar-refractivity contribution in [1.29, 1.82) is 0 Å². The molecule has 1 aliphatic carbocycles. The van der Waals surface area contributed by atoms with E-state index >= 15 is 0 Å². The molecular weight excluding hydrogens is 304 g/mol. The fourth-order valence-electron chi connectivity index (χ4n) is 3.88. The van der Waals surface area contributed by atoms with Crippen LogP contribution in [0.4, 0.5) is 0 Å². The highest BCUT2D eigenvalue weighted by atomic mass is 79.9. The van der Waals surface area contributed by atoms with E-state index in [1.54, 1.807) is 6.26 Å². The van der Waals surface area contributed by atoms with Gasteiger partial charge in [-0.25, -0.2) is 0 Å². The summed E-state index contributed by atoms with van der Waals surface area (Å²) in [4.78, 5) is 2.54. The van der Waals surface area contributed by atoms with Crippen LogP contribution in [-0.4, -0.2) is 24.5 Å². The lowest BCUT2D eigenvalue weighted by molar-refractivity contribution is 0.0516. The van der Waals surface area contributed by atoms with E-state index in [0.717, 1.165) is 28.6 Å². The molecule has 1 aliphatic heterocycles. The van der Waals surface area contributed by atoms with Gasteiger partial charge in [-0.15, -0.1) is 0 Å². The summed E-state index contributed by atoms with van der Waals surface area (Å²) in [6.45, 7) is 2.99. The van der Waals surface area contributed by atoms with Crippen molar-refractivity contribution in [3.63, 3.8) is 0 Å². The Morgan fingerprint density at radius 3 is 2.79 bits per heavy atom. The van der Waals surface area contributed by atoms with Crippen LogP contribution in [0.15, 0.2) is 21.2 Å². The van der Waals surface area contributed by atoms with Crippen LogP contribution in [0.3, 0.4) is 0 Å². The Hall–Kier alpha value is -0.320. The van der Waals surface area contributed by atoms with Crippen LogP contribution in [0, 0.1) is 11.8 Å². The normalized spacial score (nSPS) is 30.0. The first kappa shape index (κ1) is 13.7. The number of hydrogen-bond donors (Lipinski definition) is 1. The number of nitrogens with two attached hydrogens (primary N) is 1. The van der Waals surface area contributed by atoms with Gasteiger partial charge in [0.1, 0.15) is 5.76 Å². The fourth-order valence-corrected chi connectivity index (χ4v) is 4.34. The van der Waals surface area contributed by atoms with Gasteiger partial charge in [-0.05, 0) is 53.2 Å². The van der Waals surface area contributed by atoms with Crippen LogP contribution < -0.4 is 5.73 Å². The Morgan fingerprint density at radius 1 is 1.32 bits per heavy atom. The predicted molar refractivity (Wildman–Crippen MR) is 79.8 cm³/mol. The molecule has 0 radical (unpaired) electrons. The first-order valence-corrected chi connectivity index (χ1v) is 8.26. The number of piperidine rings is 1. The van der Waals surface area contributed by atoms with E-state index in [1.165, 1.54) is 38.6 Å². The number of nitrogens with zero attached hydrogens (tertiary/aromatic N) is 1. The minimum Gasteiger partial charge on any atom is -0.466 e. The van der Waals surface area contributed by atoms with Gasteiger partial charge in [0.05, 0.1) is 16.8 Å². The smallest absolute Gasteiger partial charge is 0.136 e. The molecule has 1 saturated heterocycles. The van der Waals surface area contributed by atoms with Crippen LogP contribution in [0.5, 0.6) is 0 Å². The molecular formula is C15H23BrN2O. The molecule has 2 N–H and O–H groups in total. The molecule has 0 aromatic carbocycles. The van der Waals surface area contributed by atoms with Crippen molar-refractivity contribution in [1.82, 2.24) is 4.90 Å². The molecule has 106 valence electrons. The van der Waals surface area contributed by atoms with Crippen LogP contribution in [0.25, 0.3) is 0 Å². The monoisotopic (exact) mass is 326 g/mol. The Labute approximate surface area is 123 Å². The van der Waals surface area contributed by atoms with Gasteiger partial charge in [0.25, 0.3) is 0 Å². The van der Waals surface area contributed by atoms with Crippen LogP contribution >= 0.6 is 15.9 Å². The summed E-state index contributed by atoms with van der Waals surface area (Å²) in [6, 6.07) is 2.19. The fraction of sp³-hybridized carbons (Fsp3) is 0.733. The molecule has 19 heavy (non-hydrogen) atoms. The zero-order chi connectivity index (χ0) is 13.2. The first-order valence-electron chi connectivity index (χ1n) is 7.46. The largest absolute Gasteiger partial charge is 0.466 e. The highest BCUT2D eigenvalue weighted by Gasteiger charge is 2.35. The van der Waals surface area contributed by atoms with E-state index in [9.17, 15) is 0 Å². The number of fused-ring (bicyclic) bond motifs is 1. The van der Waals surface area contributed by atoms with Crippen molar-refractivity contribution in [3.8, 4) is 0 Å². The second-order valence-corrected chi connectivity index (χ2v) is 6.83. The van der Waals surface area contributed by atoms with Crippen LogP contribution in [0.1, 0.15) is 43.9 Å². The Balaban J connectivity index is 1.72. The van der Waals surface area contributed by atoms with Crippen LogP contribution in [-0.2, 0) is 0 Å². The molecule has 3 rings (SSSR count). The lowest BCUT2D eigenvalue weighted by Gasteiger charge is -2.43. The minimum absolute atomic E-state index is 0.229. The average Bonchev–Trinajstić information content (AvgIpc) is 2.86. The maximum Gasteiger partial charge on any atom is 0.136 e. The molecule has 0 spiro atoms. The maximum atomic E-state index is 6.01. The van der Waals surface area contributed by atoms with E-state index < -0.39 is 0 Å². The van der Waals surface area contributed by atoms with Crippen molar-refractivity contribution in [2.75, 3.05) is 19.6 Å². The molecule has 1 aromatic rings. The van der Waals surface area contributed by atoms with Crippen molar-refractivity contribution in [2.24, 2.45) is 17.6 Å². The number of hydrogen-bond acceptors (Lipinski definition) is 3. The van der Waals surface area contributed by atoms with Crippen molar-refractivity contribution < 1.29 is 4.42 Å². The summed E-state index contributed by atoms with van der Waals surface area (Å²) in [5.41, 5.74) is 6.01. The SMILES string of the molecule is NCC(c1occc1Br)N1CCC2CCCCC2C1. The summed E-state index contributed by atoms with van der Waals surface area (Å²) in [5, 5.41) is 0. The van der Waals surface area contributed by atoms with Gasteiger partial charge >= 0.3 is 0 Å². The van der Waals surface area contributed by atoms with Crippen molar-refractivity contribution in [2.45, 2.75) is 38.1 Å². The molecule has 1 aromatic heterocycles. The lowest BCUT2D eigenvalue weighted by Crippen LogP contribution is -2.45. The number of halogens is 1. The van der Waals surface area contributed by atoms with Gasteiger partial charge in [0.2, 0.25) is 0 Å².